The Kier molecular flexibility index (Phi) is 2.87. The van der Waals surface area contributed by atoms with Crippen LogP contribution in [0.15, 0.2) is 0 Å². The van der Waals surface area contributed by atoms with Gasteiger partial charge in [0.05, 0.1) is 17.9 Å². The number of hydrogen-bond donors (Lipinski definition) is 1. The third kappa shape index (κ3) is 1.86. The monoisotopic (exact) mass is 294 g/mol. The lowest BCUT2D eigenvalue weighted by Gasteiger charge is -2.36. The van der Waals surface area contributed by atoms with Gasteiger partial charge in [-0.05, 0) is 39.0 Å². The first kappa shape index (κ1) is 13.6. The lowest BCUT2D eigenvalue weighted by molar-refractivity contribution is -0.172. The van der Waals surface area contributed by atoms with Gasteiger partial charge in [-0.1, -0.05) is 6.42 Å². The number of aliphatic hydroxyl groups excluding tert-OH is 1. The zero-order chi connectivity index (χ0) is 14.8. The van der Waals surface area contributed by atoms with Crippen LogP contribution in [-0.4, -0.2) is 34.9 Å². The van der Waals surface area contributed by atoms with Crippen LogP contribution in [0.4, 0.5) is 0 Å². The SMILES string of the molecule is CC1(OC(=O)C2C3CC4C(OC(=O)C42)C3O)CCCCC1. The molecule has 0 spiro atoms. The molecule has 2 bridgehead atoms. The molecule has 1 aliphatic heterocycles. The molecule has 5 heteroatoms. The highest BCUT2D eigenvalue weighted by atomic mass is 16.6. The Balaban J connectivity index is 1.53. The predicted molar refractivity (Wildman–Crippen MR) is 72.0 cm³/mol. The molecule has 0 aromatic carbocycles. The van der Waals surface area contributed by atoms with E-state index in [-0.39, 0.29) is 35.8 Å². The second-order valence-corrected chi connectivity index (χ2v) is 7.44. The highest BCUT2D eigenvalue weighted by Gasteiger charge is 2.68. The smallest absolute Gasteiger partial charge is 0.310 e. The lowest BCUT2D eigenvalue weighted by Crippen LogP contribution is -2.44. The van der Waals surface area contributed by atoms with Crippen LogP contribution in [0, 0.1) is 23.7 Å². The quantitative estimate of drug-likeness (QED) is 0.780. The van der Waals surface area contributed by atoms with Crippen molar-refractivity contribution < 1.29 is 24.2 Å². The molecule has 0 aromatic heterocycles. The van der Waals surface area contributed by atoms with Crippen LogP contribution in [0.3, 0.4) is 0 Å². The number of hydrogen-bond acceptors (Lipinski definition) is 5. The molecule has 0 aromatic rings. The van der Waals surface area contributed by atoms with Gasteiger partial charge in [0.15, 0.2) is 0 Å². The van der Waals surface area contributed by atoms with Crippen LogP contribution in [-0.2, 0) is 19.1 Å². The second kappa shape index (κ2) is 4.45. The highest BCUT2D eigenvalue weighted by Crippen LogP contribution is 2.58. The molecular formula is C16H22O5. The van der Waals surface area contributed by atoms with E-state index in [2.05, 4.69) is 0 Å². The molecule has 4 rings (SSSR count). The largest absolute Gasteiger partial charge is 0.459 e. The maximum absolute atomic E-state index is 12.6. The number of ether oxygens (including phenoxy) is 2. The van der Waals surface area contributed by atoms with Crippen LogP contribution in [0.25, 0.3) is 0 Å². The molecule has 3 saturated carbocycles. The number of aliphatic hydroxyl groups is 1. The first-order chi connectivity index (χ1) is 10.0. The minimum absolute atomic E-state index is 0.00853. The van der Waals surface area contributed by atoms with E-state index >= 15 is 0 Å². The van der Waals surface area contributed by atoms with Gasteiger partial charge in [-0.15, -0.1) is 0 Å². The summed E-state index contributed by atoms with van der Waals surface area (Å²) >= 11 is 0. The van der Waals surface area contributed by atoms with Gasteiger partial charge in [-0.2, -0.15) is 0 Å². The van der Waals surface area contributed by atoms with E-state index in [0.717, 1.165) is 25.7 Å². The molecule has 4 fully saturated rings. The summed E-state index contributed by atoms with van der Waals surface area (Å²) in [4.78, 5) is 24.6. The third-order valence-electron chi connectivity index (χ3n) is 6.11. The molecule has 3 aliphatic carbocycles. The molecular weight excluding hydrogens is 272 g/mol. The Morgan fingerprint density at radius 3 is 2.71 bits per heavy atom. The Morgan fingerprint density at radius 1 is 1.29 bits per heavy atom. The van der Waals surface area contributed by atoms with Crippen molar-refractivity contribution in [3.8, 4) is 0 Å². The normalized spacial score (nSPS) is 46.5. The molecule has 0 amide bonds. The van der Waals surface area contributed by atoms with E-state index in [1.165, 1.54) is 6.42 Å². The highest BCUT2D eigenvalue weighted by molar-refractivity contribution is 5.86. The summed E-state index contributed by atoms with van der Waals surface area (Å²) in [6.07, 6.45) is 4.75. The predicted octanol–water partition coefficient (Wildman–Crippen LogP) is 1.42. The molecule has 6 unspecified atom stereocenters. The van der Waals surface area contributed by atoms with Crippen molar-refractivity contribution in [1.82, 2.24) is 0 Å². The number of carbonyl (C=O) groups excluding carboxylic acids is 2. The summed E-state index contributed by atoms with van der Waals surface area (Å²) in [5, 5.41) is 10.2. The Morgan fingerprint density at radius 2 is 2.00 bits per heavy atom. The fourth-order valence-electron chi connectivity index (χ4n) is 5.05. The fraction of sp³-hybridized carbons (Fsp3) is 0.875. The van der Waals surface area contributed by atoms with Gasteiger partial charge in [-0.3, -0.25) is 9.59 Å². The summed E-state index contributed by atoms with van der Waals surface area (Å²) in [7, 11) is 0. The zero-order valence-corrected chi connectivity index (χ0v) is 12.3. The first-order valence-corrected chi connectivity index (χ1v) is 8.12. The van der Waals surface area contributed by atoms with Crippen LogP contribution in [0.1, 0.15) is 45.4 Å². The number of fused-ring (bicyclic) bond motifs is 1. The summed E-state index contributed by atoms with van der Waals surface area (Å²) in [6, 6.07) is 0. The lowest BCUT2D eigenvalue weighted by atomic mass is 9.78. The topological polar surface area (TPSA) is 72.8 Å². The van der Waals surface area contributed by atoms with E-state index in [1.54, 1.807) is 0 Å². The maximum Gasteiger partial charge on any atom is 0.310 e. The van der Waals surface area contributed by atoms with E-state index < -0.39 is 17.6 Å². The summed E-state index contributed by atoms with van der Waals surface area (Å²) in [6.45, 7) is 1.99. The Labute approximate surface area is 124 Å². The summed E-state index contributed by atoms with van der Waals surface area (Å²) in [5.41, 5.74) is -0.399. The van der Waals surface area contributed by atoms with Crippen molar-refractivity contribution in [2.45, 2.75) is 63.3 Å². The standard InChI is InChI=1S/C16H22O5/c1-16(5-3-2-4-6-16)21-15(19)10-8-7-9-11(10)14(18)20-13(9)12(8)17/h8-13,17H,2-7H2,1H3. The van der Waals surface area contributed by atoms with Crippen molar-refractivity contribution in [3.63, 3.8) is 0 Å². The number of esters is 2. The molecule has 1 saturated heterocycles. The van der Waals surface area contributed by atoms with Gasteiger partial charge in [0.1, 0.15) is 11.7 Å². The average molecular weight is 294 g/mol. The van der Waals surface area contributed by atoms with Crippen molar-refractivity contribution in [1.29, 1.82) is 0 Å². The van der Waals surface area contributed by atoms with E-state index in [0.29, 0.717) is 6.42 Å². The molecule has 116 valence electrons. The second-order valence-electron chi connectivity index (χ2n) is 7.44. The summed E-state index contributed by atoms with van der Waals surface area (Å²) in [5.74, 6) is -1.67. The summed E-state index contributed by atoms with van der Waals surface area (Å²) < 4.78 is 11.1. The average Bonchev–Trinajstić information content (AvgIpc) is 3.03. The minimum Gasteiger partial charge on any atom is -0.459 e. The Hall–Kier alpha value is -1.10. The van der Waals surface area contributed by atoms with Crippen molar-refractivity contribution >= 4 is 11.9 Å². The molecule has 4 aliphatic rings. The van der Waals surface area contributed by atoms with E-state index in [9.17, 15) is 14.7 Å². The molecule has 21 heavy (non-hydrogen) atoms. The molecule has 6 atom stereocenters. The minimum atomic E-state index is -0.700. The molecule has 1 N–H and O–H groups in total. The first-order valence-electron chi connectivity index (χ1n) is 8.12. The van der Waals surface area contributed by atoms with Gasteiger partial charge in [0.25, 0.3) is 0 Å². The van der Waals surface area contributed by atoms with Crippen molar-refractivity contribution in [3.05, 3.63) is 0 Å². The number of rotatable bonds is 2. The molecule has 1 heterocycles. The van der Waals surface area contributed by atoms with Crippen LogP contribution >= 0.6 is 0 Å². The molecule has 5 nitrogen and oxygen atoms in total. The zero-order valence-electron chi connectivity index (χ0n) is 12.3. The fourth-order valence-corrected chi connectivity index (χ4v) is 5.05. The van der Waals surface area contributed by atoms with Crippen LogP contribution in [0.5, 0.6) is 0 Å². The van der Waals surface area contributed by atoms with Crippen LogP contribution in [0.2, 0.25) is 0 Å². The van der Waals surface area contributed by atoms with E-state index in [1.807, 2.05) is 6.92 Å². The third-order valence-corrected chi connectivity index (χ3v) is 6.11. The van der Waals surface area contributed by atoms with Gasteiger partial charge in [0.2, 0.25) is 0 Å². The van der Waals surface area contributed by atoms with Gasteiger partial charge >= 0.3 is 11.9 Å². The van der Waals surface area contributed by atoms with E-state index in [4.69, 9.17) is 9.47 Å². The molecule has 0 radical (unpaired) electrons. The van der Waals surface area contributed by atoms with Crippen LogP contribution < -0.4 is 0 Å². The van der Waals surface area contributed by atoms with Gasteiger partial charge in [-0.25, -0.2) is 0 Å². The maximum atomic E-state index is 12.6. The van der Waals surface area contributed by atoms with Gasteiger partial charge < -0.3 is 14.6 Å². The Bertz CT molecular complexity index is 481. The van der Waals surface area contributed by atoms with Crippen molar-refractivity contribution in [2.75, 3.05) is 0 Å². The van der Waals surface area contributed by atoms with Gasteiger partial charge in [0, 0.05) is 11.8 Å². The number of carbonyl (C=O) groups is 2. The van der Waals surface area contributed by atoms with Crippen molar-refractivity contribution in [2.24, 2.45) is 23.7 Å².